The van der Waals surface area contributed by atoms with E-state index in [2.05, 4.69) is 22.5 Å². The Morgan fingerprint density at radius 1 is 1.36 bits per heavy atom. The molecule has 7 heteroatoms. The Balaban J connectivity index is 0.00000312. The molecule has 1 aromatic rings. The van der Waals surface area contributed by atoms with E-state index in [0.717, 1.165) is 37.7 Å². The molecule has 1 fully saturated rings. The van der Waals surface area contributed by atoms with Gasteiger partial charge in [0, 0.05) is 36.9 Å². The monoisotopic (exact) mass is 499 g/mol. The standard InChI is InChI=1S/C18H27Cl2N3O.HI/c1-4-24-10-9-18(7-8-18)12-22-17(21-3)23-13(2)15-6-5-14(19)11-16(15)20;/h5-6,11,13H,4,7-10,12H2,1-3H3,(H2,21,22,23);1H. The van der Waals surface area contributed by atoms with Gasteiger partial charge in [-0.2, -0.15) is 0 Å². The van der Waals surface area contributed by atoms with Crippen molar-refractivity contribution >= 4 is 53.1 Å². The van der Waals surface area contributed by atoms with Gasteiger partial charge < -0.3 is 15.4 Å². The Morgan fingerprint density at radius 3 is 2.64 bits per heavy atom. The number of hydrogen-bond acceptors (Lipinski definition) is 2. The van der Waals surface area contributed by atoms with E-state index in [1.807, 2.05) is 19.1 Å². The van der Waals surface area contributed by atoms with Gasteiger partial charge in [0.25, 0.3) is 0 Å². The summed E-state index contributed by atoms with van der Waals surface area (Å²) in [4.78, 5) is 4.32. The van der Waals surface area contributed by atoms with E-state index >= 15 is 0 Å². The minimum absolute atomic E-state index is 0. The lowest BCUT2D eigenvalue weighted by Crippen LogP contribution is -2.41. The zero-order valence-corrected chi connectivity index (χ0v) is 18.9. The molecule has 1 aliphatic rings. The highest BCUT2D eigenvalue weighted by Crippen LogP contribution is 2.48. The Kier molecular flexibility index (Phi) is 9.85. The van der Waals surface area contributed by atoms with Crippen molar-refractivity contribution in [3.63, 3.8) is 0 Å². The van der Waals surface area contributed by atoms with Crippen LogP contribution in [0.25, 0.3) is 0 Å². The van der Waals surface area contributed by atoms with Gasteiger partial charge in [-0.25, -0.2) is 0 Å². The number of benzene rings is 1. The number of rotatable bonds is 8. The largest absolute Gasteiger partial charge is 0.382 e. The minimum Gasteiger partial charge on any atom is -0.382 e. The maximum Gasteiger partial charge on any atom is 0.191 e. The summed E-state index contributed by atoms with van der Waals surface area (Å²) in [7, 11) is 1.78. The molecule has 2 rings (SSSR count). The maximum absolute atomic E-state index is 6.28. The van der Waals surface area contributed by atoms with Crippen molar-refractivity contribution < 1.29 is 4.74 Å². The number of guanidine groups is 1. The smallest absolute Gasteiger partial charge is 0.191 e. The number of nitrogens with zero attached hydrogens (tertiary/aromatic N) is 1. The van der Waals surface area contributed by atoms with Crippen molar-refractivity contribution in [3.05, 3.63) is 33.8 Å². The molecule has 1 aromatic carbocycles. The molecule has 0 amide bonds. The van der Waals surface area contributed by atoms with Gasteiger partial charge in [-0.15, -0.1) is 24.0 Å². The SMILES string of the molecule is CCOCCC1(CNC(=NC)NC(C)c2ccc(Cl)cc2Cl)CC1.I. The lowest BCUT2D eigenvalue weighted by atomic mass is 10.0. The summed E-state index contributed by atoms with van der Waals surface area (Å²) in [6.45, 7) is 6.63. The molecule has 0 aromatic heterocycles. The van der Waals surface area contributed by atoms with E-state index in [4.69, 9.17) is 27.9 Å². The Hall–Kier alpha value is -0.240. The van der Waals surface area contributed by atoms with E-state index in [0.29, 0.717) is 15.5 Å². The zero-order chi connectivity index (χ0) is 17.6. The van der Waals surface area contributed by atoms with Gasteiger partial charge in [0.1, 0.15) is 0 Å². The Labute approximate surface area is 178 Å². The number of aliphatic imine (C=N–C) groups is 1. The van der Waals surface area contributed by atoms with Crippen LogP contribution in [0.5, 0.6) is 0 Å². The van der Waals surface area contributed by atoms with Crippen LogP contribution < -0.4 is 10.6 Å². The molecule has 1 unspecified atom stereocenters. The summed E-state index contributed by atoms with van der Waals surface area (Å²) >= 11 is 12.2. The minimum atomic E-state index is 0. The molecule has 0 radical (unpaired) electrons. The molecule has 142 valence electrons. The van der Waals surface area contributed by atoms with E-state index in [1.165, 1.54) is 12.8 Å². The van der Waals surface area contributed by atoms with Gasteiger partial charge in [0.05, 0.1) is 6.04 Å². The highest BCUT2D eigenvalue weighted by Gasteiger charge is 2.42. The van der Waals surface area contributed by atoms with Crippen molar-refractivity contribution in [2.45, 2.75) is 39.2 Å². The van der Waals surface area contributed by atoms with Crippen LogP contribution >= 0.6 is 47.2 Å². The number of nitrogens with one attached hydrogen (secondary N) is 2. The summed E-state index contributed by atoms with van der Waals surface area (Å²) < 4.78 is 5.49. The highest BCUT2D eigenvalue weighted by atomic mass is 127. The Bertz CT molecular complexity index is 579. The fourth-order valence-corrected chi connectivity index (χ4v) is 3.30. The first kappa shape index (κ1) is 22.8. The average molecular weight is 500 g/mol. The molecule has 1 atom stereocenters. The summed E-state index contributed by atoms with van der Waals surface area (Å²) in [6.07, 6.45) is 3.61. The van der Waals surface area contributed by atoms with Crippen molar-refractivity contribution in [3.8, 4) is 0 Å². The van der Waals surface area contributed by atoms with Crippen molar-refractivity contribution in [2.75, 3.05) is 26.8 Å². The molecular formula is C18H28Cl2IN3O. The van der Waals surface area contributed by atoms with Crippen molar-refractivity contribution in [2.24, 2.45) is 10.4 Å². The third-order valence-electron chi connectivity index (χ3n) is 4.57. The fraction of sp³-hybridized carbons (Fsp3) is 0.611. The van der Waals surface area contributed by atoms with Crippen molar-refractivity contribution in [1.82, 2.24) is 10.6 Å². The first-order valence-electron chi connectivity index (χ1n) is 8.49. The van der Waals surface area contributed by atoms with Gasteiger partial charge in [-0.3, -0.25) is 4.99 Å². The molecule has 0 bridgehead atoms. The predicted molar refractivity (Wildman–Crippen MR) is 118 cm³/mol. The van der Waals surface area contributed by atoms with Gasteiger partial charge >= 0.3 is 0 Å². The summed E-state index contributed by atoms with van der Waals surface area (Å²) in [5, 5.41) is 8.14. The first-order valence-corrected chi connectivity index (χ1v) is 9.25. The highest BCUT2D eigenvalue weighted by molar-refractivity contribution is 14.0. The van der Waals surface area contributed by atoms with Crippen LogP contribution in [0, 0.1) is 5.41 Å². The molecule has 0 heterocycles. The predicted octanol–water partition coefficient (Wildman–Crippen LogP) is 5.04. The lowest BCUT2D eigenvalue weighted by molar-refractivity contribution is 0.128. The molecule has 0 aliphatic heterocycles. The summed E-state index contributed by atoms with van der Waals surface area (Å²) in [5.74, 6) is 0.788. The van der Waals surface area contributed by atoms with Crippen molar-refractivity contribution in [1.29, 1.82) is 0 Å². The Morgan fingerprint density at radius 2 is 2.08 bits per heavy atom. The molecule has 1 aliphatic carbocycles. The lowest BCUT2D eigenvalue weighted by Gasteiger charge is -2.22. The van der Waals surface area contributed by atoms with Gasteiger partial charge in [-0.05, 0) is 56.2 Å². The van der Waals surface area contributed by atoms with Crippen LogP contribution in [-0.4, -0.2) is 32.8 Å². The second-order valence-electron chi connectivity index (χ2n) is 6.40. The third-order valence-corrected chi connectivity index (χ3v) is 5.14. The normalized spacial score (nSPS) is 16.8. The molecular weight excluding hydrogens is 472 g/mol. The van der Waals surface area contributed by atoms with E-state index in [1.54, 1.807) is 13.1 Å². The van der Waals surface area contributed by atoms with E-state index < -0.39 is 0 Å². The molecule has 4 nitrogen and oxygen atoms in total. The molecule has 25 heavy (non-hydrogen) atoms. The van der Waals surface area contributed by atoms with Crippen LogP contribution in [0.3, 0.4) is 0 Å². The second-order valence-corrected chi connectivity index (χ2v) is 7.25. The molecule has 1 saturated carbocycles. The number of ether oxygens (including phenoxy) is 1. The van der Waals surface area contributed by atoms with Crippen LogP contribution in [-0.2, 0) is 4.74 Å². The van der Waals surface area contributed by atoms with Crippen LogP contribution in [0.2, 0.25) is 10.0 Å². The molecule has 0 saturated heterocycles. The summed E-state index contributed by atoms with van der Waals surface area (Å²) in [5.41, 5.74) is 1.37. The maximum atomic E-state index is 6.28. The average Bonchev–Trinajstić information content (AvgIpc) is 3.31. The second kappa shape index (κ2) is 10.8. The van der Waals surface area contributed by atoms with E-state index in [9.17, 15) is 0 Å². The molecule has 2 N–H and O–H groups in total. The summed E-state index contributed by atoms with van der Waals surface area (Å²) in [6, 6.07) is 5.60. The van der Waals surface area contributed by atoms with E-state index in [-0.39, 0.29) is 30.0 Å². The number of hydrogen-bond donors (Lipinski definition) is 2. The quantitative estimate of drug-likeness (QED) is 0.228. The third kappa shape index (κ3) is 7.12. The first-order chi connectivity index (χ1) is 11.5. The number of halogens is 3. The van der Waals surface area contributed by atoms with Gasteiger partial charge in [0.2, 0.25) is 0 Å². The van der Waals surface area contributed by atoms with Crippen LogP contribution in [0.1, 0.15) is 44.7 Å². The van der Waals surface area contributed by atoms with Gasteiger partial charge in [0.15, 0.2) is 5.96 Å². The zero-order valence-electron chi connectivity index (χ0n) is 15.1. The topological polar surface area (TPSA) is 45.6 Å². The van der Waals surface area contributed by atoms with Crippen LogP contribution in [0.15, 0.2) is 23.2 Å². The van der Waals surface area contributed by atoms with Gasteiger partial charge in [-0.1, -0.05) is 29.3 Å². The fourth-order valence-electron chi connectivity index (χ4n) is 2.73. The molecule has 0 spiro atoms. The van der Waals surface area contributed by atoms with Crippen LogP contribution in [0.4, 0.5) is 0 Å².